The number of rotatable bonds is 2. The number of alkyl halides is 3. The molecule has 0 saturated carbocycles. The molecule has 0 unspecified atom stereocenters. The maximum absolute atomic E-state index is 13.5. The monoisotopic (exact) mass is 544 g/mol. The first-order valence-corrected chi connectivity index (χ1v) is 13.2. The third-order valence-electron chi connectivity index (χ3n) is 7.62. The Kier molecular flexibility index (Phi) is 6.72. The van der Waals surface area contributed by atoms with Crippen molar-refractivity contribution in [1.29, 1.82) is 0 Å². The molecule has 2 saturated heterocycles. The van der Waals surface area contributed by atoms with Crippen LogP contribution >= 0.6 is 0 Å². The van der Waals surface area contributed by atoms with Crippen LogP contribution in [0, 0.1) is 0 Å². The van der Waals surface area contributed by atoms with Crippen molar-refractivity contribution in [3.8, 4) is 11.3 Å². The average molecular weight is 545 g/mol. The van der Waals surface area contributed by atoms with Gasteiger partial charge in [0.1, 0.15) is 11.1 Å². The van der Waals surface area contributed by atoms with E-state index in [-0.39, 0.29) is 35.4 Å². The minimum atomic E-state index is -4.54. The summed E-state index contributed by atoms with van der Waals surface area (Å²) in [6, 6.07) is 3.81. The van der Waals surface area contributed by atoms with Gasteiger partial charge >= 0.3 is 12.2 Å². The molecular weight excluding hydrogens is 513 g/mol. The summed E-state index contributed by atoms with van der Waals surface area (Å²) in [5, 5.41) is 3.49. The molecule has 9 nitrogen and oxygen atoms in total. The maximum Gasteiger partial charge on any atom is 0.420 e. The average Bonchev–Trinajstić information content (AvgIpc) is 3.36. The van der Waals surface area contributed by atoms with Crippen molar-refractivity contribution < 1.29 is 27.4 Å². The Balaban J connectivity index is 1.36. The number of carbonyl (C=O) groups excluding carboxylic acids is 1. The molecule has 0 spiro atoms. The normalized spacial score (nSPS) is 24.2. The van der Waals surface area contributed by atoms with Gasteiger partial charge in [-0.3, -0.25) is 0 Å². The van der Waals surface area contributed by atoms with Crippen molar-refractivity contribution >= 4 is 17.2 Å². The Morgan fingerprint density at radius 3 is 2.67 bits per heavy atom. The van der Waals surface area contributed by atoms with Crippen molar-refractivity contribution in [3.05, 3.63) is 46.8 Å². The number of H-pyrrole nitrogens is 1. The van der Waals surface area contributed by atoms with Crippen molar-refractivity contribution in [1.82, 2.24) is 30.1 Å². The molecule has 3 aliphatic rings. The number of benzene rings is 1. The molecule has 0 aliphatic carbocycles. The third-order valence-corrected chi connectivity index (χ3v) is 7.62. The van der Waals surface area contributed by atoms with Gasteiger partial charge in [-0.2, -0.15) is 13.2 Å². The Labute approximate surface area is 223 Å². The van der Waals surface area contributed by atoms with Gasteiger partial charge in [0, 0.05) is 44.5 Å². The van der Waals surface area contributed by atoms with Crippen LogP contribution in [0.2, 0.25) is 0 Å². The molecule has 2 N–H and O–H groups in total. The van der Waals surface area contributed by atoms with Crippen molar-refractivity contribution in [2.24, 2.45) is 0 Å². The summed E-state index contributed by atoms with van der Waals surface area (Å²) in [5.74, 6) is 0. The van der Waals surface area contributed by atoms with Crippen LogP contribution in [0.5, 0.6) is 0 Å². The van der Waals surface area contributed by atoms with Crippen LogP contribution in [-0.4, -0.2) is 82.4 Å². The van der Waals surface area contributed by atoms with E-state index in [9.17, 15) is 18.0 Å². The summed E-state index contributed by atoms with van der Waals surface area (Å²) < 4.78 is 52.2. The molecule has 39 heavy (non-hydrogen) atoms. The van der Waals surface area contributed by atoms with Crippen LogP contribution in [0.25, 0.3) is 22.4 Å². The summed E-state index contributed by atoms with van der Waals surface area (Å²) in [4.78, 5) is 28.4. The SMILES string of the molecule is C[C@@H]1CN(C(=O)N2CCc3cc(-c4cnc5[nH]cc(C(F)(F)F)c5n4)cc([C@@H]4COCCN4)c3C2)C[C@@H](C)O1. The molecule has 2 amide bonds. The van der Waals surface area contributed by atoms with E-state index in [4.69, 9.17) is 9.47 Å². The Hall–Kier alpha value is -3.22. The molecule has 0 radical (unpaired) electrons. The van der Waals surface area contributed by atoms with Crippen molar-refractivity contribution in [2.75, 3.05) is 39.4 Å². The van der Waals surface area contributed by atoms with E-state index >= 15 is 0 Å². The highest BCUT2D eigenvalue weighted by Crippen LogP contribution is 2.36. The van der Waals surface area contributed by atoms with E-state index in [0.29, 0.717) is 63.6 Å². The number of amides is 2. The number of urea groups is 1. The standard InChI is InChI=1S/C27H31F3N6O3/c1-15-11-36(12-16(2)39-15)26(37)35-5-3-17-7-18(8-19(20(17)13-35)23-14-38-6-4-31-23)22-10-33-25-24(34-22)21(9-32-25)27(28,29)30/h7-10,15-16,23,31H,3-6,11-14H2,1-2H3,(H,32,33)/t15-,16-,23+/m1/s1. The summed E-state index contributed by atoms with van der Waals surface area (Å²) in [6.07, 6.45) is -1.56. The first-order valence-electron chi connectivity index (χ1n) is 13.2. The summed E-state index contributed by atoms with van der Waals surface area (Å²) in [6.45, 7) is 7.79. The Bertz CT molecular complexity index is 1380. The lowest BCUT2D eigenvalue weighted by Gasteiger charge is -2.40. The Morgan fingerprint density at radius 2 is 1.95 bits per heavy atom. The minimum absolute atomic E-state index is 0.00557. The number of nitrogens with zero attached hydrogens (tertiary/aromatic N) is 4. The number of hydrogen-bond donors (Lipinski definition) is 2. The van der Waals surface area contributed by atoms with Crippen LogP contribution in [0.1, 0.15) is 42.1 Å². The minimum Gasteiger partial charge on any atom is -0.378 e. The van der Waals surface area contributed by atoms with Gasteiger partial charge in [0.2, 0.25) is 0 Å². The van der Waals surface area contributed by atoms with E-state index in [1.807, 2.05) is 35.8 Å². The third kappa shape index (κ3) is 5.08. The highest BCUT2D eigenvalue weighted by molar-refractivity contribution is 5.79. The second kappa shape index (κ2) is 10.1. The zero-order chi connectivity index (χ0) is 27.3. The zero-order valence-electron chi connectivity index (χ0n) is 21.8. The second-order valence-electron chi connectivity index (χ2n) is 10.6. The molecular formula is C27H31F3N6O3. The molecule has 12 heteroatoms. The van der Waals surface area contributed by atoms with E-state index in [2.05, 4.69) is 20.3 Å². The lowest BCUT2D eigenvalue weighted by Crippen LogP contribution is -2.53. The summed E-state index contributed by atoms with van der Waals surface area (Å²) in [7, 11) is 0. The van der Waals surface area contributed by atoms with Gasteiger partial charge in [-0.05, 0) is 49.1 Å². The number of carbonyl (C=O) groups is 1. The number of halogens is 3. The number of aromatic amines is 1. The number of hydrogen-bond acceptors (Lipinski definition) is 6. The number of ether oxygens (including phenoxy) is 2. The topological polar surface area (TPSA) is 95.6 Å². The lowest BCUT2D eigenvalue weighted by molar-refractivity contribution is -0.136. The summed E-state index contributed by atoms with van der Waals surface area (Å²) in [5.41, 5.74) is 3.16. The molecule has 3 aromatic rings. The number of aromatic nitrogens is 3. The molecule has 5 heterocycles. The fourth-order valence-electron chi connectivity index (χ4n) is 5.87. The van der Waals surface area contributed by atoms with Crippen LogP contribution < -0.4 is 5.32 Å². The molecule has 1 aromatic carbocycles. The van der Waals surface area contributed by atoms with E-state index < -0.39 is 11.7 Å². The van der Waals surface area contributed by atoms with Crippen molar-refractivity contribution in [3.63, 3.8) is 0 Å². The van der Waals surface area contributed by atoms with Crippen LogP contribution in [0.15, 0.2) is 24.5 Å². The predicted octanol–water partition coefficient (Wildman–Crippen LogP) is 3.89. The van der Waals surface area contributed by atoms with E-state index in [1.165, 1.54) is 6.20 Å². The molecule has 2 aromatic heterocycles. The maximum atomic E-state index is 13.5. The first-order chi connectivity index (χ1) is 18.7. The van der Waals surface area contributed by atoms with Gasteiger partial charge in [-0.15, -0.1) is 0 Å². The largest absolute Gasteiger partial charge is 0.420 e. The second-order valence-corrected chi connectivity index (χ2v) is 10.6. The van der Waals surface area contributed by atoms with Gasteiger partial charge < -0.3 is 29.6 Å². The van der Waals surface area contributed by atoms with Gasteiger partial charge in [0.05, 0.1) is 43.4 Å². The lowest BCUT2D eigenvalue weighted by atomic mass is 9.88. The molecule has 0 bridgehead atoms. The Morgan fingerprint density at radius 1 is 1.15 bits per heavy atom. The zero-order valence-corrected chi connectivity index (χ0v) is 21.8. The molecule has 6 rings (SSSR count). The smallest absolute Gasteiger partial charge is 0.378 e. The fourth-order valence-corrected chi connectivity index (χ4v) is 5.87. The van der Waals surface area contributed by atoms with Crippen LogP contribution in [0.3, 0.4) is 0 Å². The molecule has 3 aliphatic heterocycles. The van der Waals surface area contributed by atoms with Gasteiger partial charge in [0.25, 0.3) is 0 Å². The number of fused-ring (bicyclic) bond motifs is 2. The summed E-state index contributed by atoms with van der Waals surface area (Å²) >= 11 is 0. The molecule has 2 fully saturated rings. The van der Waals surface area contributed by atoms with Crippen LogP contribution in [0.4, 0.5) is 18.0 Å². The quantitative estimate of drug-likeness (QED) is 0.509. The van der Waals surface area contributed by atoms with E-state index in [0.717, 1.165) is 22.9 Å². The number of nitrogens with one attached hydrogen (secondary N) is 2. The highest BCUT2D eigenvalue weighted by atomic mass is 19.4. The van der Waals surface area contributed by atoms with Gasteiger partial charge in [-0.25, -0.2) is 14.8 Å². The number of morpholine rings is 2. The molecule has 3 atom stereocenters. The van der Waals surface area contributed by atoms with Gasteiger partial charge in [0.15, 0.2) is 5.65 Å². The van der Waals surface area contributed by atoms with Crippen LogP contribution in [-0.2, 0) is 28.6 Å². The predicted molar refractivity (Wildman–Crippen MR) is 137 cm³/mol. The van der Waals surface area contributed by atoms with Crippen molar-refractivity contribution in [2.45, 2.75) is 51.2 Å². The van der Waals surface area contributed by atoms with E-state index in [1.54, 1.807) is 0 Å². The first kappa shape index (κ1) is 26.0. The van der Waals surface area contributed by atoms with Gasteiger partial charge in [-0.1, -0.05) is 0 Å². The molecule has 208 valence electrons. The highest BCUT2D eigenvalue weighted by Gasteiger charge is 2.36. The fraction of sp³-hybridized carbons (Fsp3) is 0.519.